The summed E-state index contributed by atoms with van der Waals surface area (Å²) in [6.07, 6.45) is 0. The van der Waals surface area contributed by atoms with Gasteiger partial charge in [-0.25, -0.2) is 4.98 Å². The maximum absolute atomic E-state index is 12.2. The minimum atomic E-state index is -0.142. The van der Waals surface area contributed by atoms with Gasteiger partial charge in [-0.15, -0.1) is 0 Å². The normalized spacial score (nSPS) is 11.7. The number of hydrogen-bond acceptors (Lipinski definition) is 4. The zero-order valence-corrected chi connectivity index (χ0v) is 16.3. The van der Waals surface area contributed by atoms with Gasteiger partial charge in [0.25, 0.3) is 0 Å². The molecule has 0 radical (unpaired) electrons. The molecule has 0 spiro atoms. The Morgan fingerprint density at radius 3 is 2.72 bits per heavy atom. The van der Waals surface area contributed by atoms with Gasteiger partial charge in [-0.05, 0) is 56.5 Å². The number of rotatable bonds is 5. The number of halogens is 1. The zero-order valence-electron chi connectivity index (χ0n) is 14.7. The number of aromatic nitrogens is 1. The predicted molar refractivity (Wildman–Crippen MR) is 102 cm³/mol. The van der Waals surface area contributed by atoms with Crippen LogP contribution in [0, 0.1) is 32.1 Å². The summed E-state index contributed by atoms with van der Waals surface area (Å²) in [5.74, 6) is 0.0909. The third kappa shape index (κ3) is 4.75. The van der Waals surface area contributed by atoms with Crippen LogP contribution in [0.15, 0.2) is 29.3 Å². The van der Waals surface area contributed by atoms with Gasteiger partial charge in [-0.2, -0.15) is 5.26 Å². The van der Waals surface area contributed by atoms with Gasteiger partial charge in [0.15, 0.2) is 0 Å². The van der Waals surface area contributed by atoms with Gasteiger partial charge >= 0.3 is 0 Å². The number of thioether (sulfide) groups is 1. The Hall–Kier alpha value is -2.03. The first-order valence-corrected chi connectivity index (χ1v) is 9.25. The molecule has 4 nitrogen and oxygen atoms in total. The summed E-state index contributed by atoms with van der Waals surface area (Å²) in [7, 11) is 0. The number of aryl methyl sites for hydroxylation is 1. The highest BCUT2D eigenvalue weighted by Crippen LogP contribution is 2.26. The van der Waals surface area contributed by atoms with Crippen molar-refractivity contribution in [2.45, 2.75) is 38.8 Å². The lowest BCUT2D eigenvalue weighted by Gasteiger charge is -2.15. The van der Waals surface area contributed by atoms with Gasteiger partial charge in [-0.3, -0.25) is 4.79 Å². The summed E-state index contributed by atoms with van der Waals surface area (Å²) in [5.41, 5.74) is 4.31. The van der Waals surface area contributed by atoms with Crippen molar-refractivity contribution in [2.24, 2.45) is 0 Å². The van der Waals surface area contributed by atoms with E-state index >= 15 is 0 Å². The number of carbonyl (C=O) groups excluding carboxylic acids is 1. The van der Waals surface area contributed by atoms with E-state index in [1.807, 2.05) is 45.9 Å². The molecule has 0 aliphatic heterocycles. The first kappa shape index (κ1) is 19.3. The lowest BCUT2D eigenvalue weighted by molar-refractivity contribution is -0.119. The Kier molecular flexibility index (Phi) is 6.46. The second kappa shape index (κ2) is 8.37. The summed E-state index contributed by atoms with van der Waals surface area (Å²) < 4.78 is 0. The first-order chi connectivity index (χ1) is 11.8. The van der Waals surface area contributed by atoms with Gasteiger partial charge < -0.3 is 5.32 Å². The molecule has 1 aromatic heterocycles. The Bertz CT molecular complexity index is 845. The molecule has 0 aliphatic carbocycles. The Morgan fingerprint density at radius 2 is 2.08 bits per heavy atom. The number of nitriles is 1. The van der Waals surface area contributed by atoms with E-state index in [-0.39, 0.29) is 17.7 Å². The van der Waals surface area contributed by atoms with E-state index in [9.17, 15) is 10.1 Å². The van der Waals surface area contributed by atoms with E-state index in [2.05, 4.69) is 16.4 Å². The van der Waals surface area contributed by atoms with Crippen molar-refractivity contribution in [3.8, 4) is 6.07 Å². The van der Waals surface area contributed by atoms with E-state index in [1.54, 1.807) is 6.07 Å². The van der Waals surface area contributed by atoms with Gasteiger partial charge in [0.1, 0.15) is 11.1 Å². The van der Waals surface area contributed by atoms with Crippen LogP contribution in [-0.4, -0.2) is 16.6 Å². The lowest BCUT2D eigenvalue weighted by atomic mass is 10.1. The maximum Gasteiger partial charge on any atom is 0.230 e. The van der Waals surface area contributed by atoms with Gasteiger partial charge in [0.2, 0.25) is 5.91 Å². The molecule has 0 saturated carbocycles. The fourth-order valence-electron chi connectivity index (χ4n) is 2.42. The third-order valence-corrected chi connectivity index (χ3v) is 5.35. The van der Waals surface area contributed by atoms with Gasteiger partial charge in [-0.1, -0.05) is 35.5 Å². The van der Waals surface area contributed by atoms with Gasteiger partial charge in [0, 0.05) is 10.7 Å². The van der Waals surface area contributed by atoms with Crippen molar-refractivity contribution in [1.82, 2.24) is 10.3 Å². The van der Waals surface area contributed by atoms with Crippen molar-refractivity contribution in [2.75, 3.05) is 5.75 Å². The van der Waals surface area contributed by atoms with E-state index in [4.69, 9.17) is 11.6 Å². The summed E-state index contributed by atoms with van der Waals surface area (Å²) in [6, 6.07) is 9.47. The number of nitrogens with zero attached hydrogens (tertiary/aromatic N) is 2. The number of amides is 1. The molecule has 1 aromatic carbocycles. The molecule has 130 valence electrons. The molecule has 0 aliphatic rings. The number of carbonyl (C=O) groups is 1. The fraction of sp³-hybridized carbons (Fsp3) is 0.316. The van der Waals surface area contributed by atoms with Crippen LogP contribution >= 0.6 is 23.4 Å². The molecule has 6 heteroatoms. The molecule has 1 amide bonds. The van der Waals surface area contributed by atoms with E-state index in [1.165, 1.54) is 11.8 Å². The molecular weight excluding hydrogens is 354 g/mol. The molecule has 25 heavy (non-hydrogen) atoms. The molecule has 0 unspecified atom stereocenters. The van der Waals surface area contributed by atoms with Crippen LogP contribution in [0.5, 0.6) is 0 Å². The van der Waals surface area contributed by atoms with Crippen molar-refractivity contribution in [1.29, 1.82) is 5.26 Å². The van der Waals surface area contributed by atoms with E-state index in [0.29, 0.717) is 15.6 Å². The minimum absolute atomic E-state index is 0.112. The SMILES string of the molecule is Cc1nc(SCC(=O)N[C@H](C)c2cccc(Cl)c2)c(C#N)c(C)c1C. The Morgan fingerprint density at radius 1 is 1.36 bits per heavy atom. The molecule has 0 saturated heterocycles. The summed E-state index contributed by atoms with van der Waals surface area (Å²) in [4.78, 5) is 16.7. The van der Waals surface area contributed by atoms with Crippen LogP contribution in [0.3, 0.4) is 0 Å². The molecule has 1 atom stereocenters. The second-order valence-electron chi connectivity index (χ2n) is 5.87. The van der Waals surface area contributed by atoms with Crippen LogP contribution in [0.1, 0.15) is 40.9 Å². The highest BCUT2D eigenvalue weighted by molar-refractivity contribution is 8.00. The number of nitrogens with one attached hydrogen (secondary N) is 1. The smallest absolute Gasteiger partial charge is 0.230 e. The number of hydrogen-bond donors (Lipinski definition) is 1. The lowest BCUT2D eigenvalue weighted by Crippen LogP contribution is -2.28. The minimum Gasteiger partial charge on any atom is -0.349 e. The van der Waals surface area contributed by atoms with Crippen LogP contribution < -0.4 is 5.32 Å². The third-order valence-electron chi connectivity index (χ3n) is 4.14. The van der Waals surface area contributed by atoms with Crippen LogP contribution in [0.25, 0.3) is 0 Å². The highest BCUT2D eigenvalue weighted by Gasteiger charge is 2.15. The van der Waals surface area contributed by atoms with E-state index in [0.717, 1.165) is 22.4 Å². The summed E-state index contributed by atoms with van der Waals surface area (Å²) in [6.45, 7) is 7.68. The molecule has 1 N–H and O–H groups in total. The largest absolute Gasteiger partial charge is 0.349 e. The van der Waals surface area contributed by atoms with Crippen LogP contribution in [0.2, 0.25) is 5.02 Å². The average Bonchev–Trinajstić information content (AvgIpc) is 2.58. The molecule has 2 rings (SSSR count). The molecule has 0 fully saturated rings. The number of benzene rings is 1. The summed E-state index contributed by atoms with van der Waals surface area (Å²) >= 11 is 7.27. The van der Waals surface area contributed by atoms with Crippen LogP contribution in [0.4, 0.5) is 0 Å². The van der Waals surface area contributed by atoms with Crippen molar-refractivity contribution < 1.29 is 4.79 Å². The topological polar surface area (TPSA) is 65.8 Å². The monoisotopic (exact) mass is 373 g/mol. The van der Waals surface area contributed by atoms with Crippen molar-refractivity contribution >= 4 is 29.3 Å². The molecule has 0 bridgehead atoms. The van der Waals surface area contributed by atoms with Crippen molar-refractivity contribution in [3.63, 3.8) is 0 Å². The maximum atomic E-state index is 12.2. The molecular formula is C19H20ClN3OS. The van der Waals surface area contributed by atoms with Gasteiger partial charge in [0.05, 0.1) is 17.4 Å². The quantitative estimate of drug-likeness (QED) is 0.783. The zero-order chi connectivity index (χ0) is 18.6. The Labute approximate surface area is 157 Å². The van der Waals surface area contributed by atoms with Crippen LogP contribution in [-0.2, 0) is 4.79 Å². The summed E-state index contributed by atoms with van der Waals surface area (Å²) in [5, 5.41) is 13.6. The average molecular weight is 374 g/mol. The second-order valence-corrected chi connectivity index (χ2v) is 7.27. The van der Waals surface area contributed by atoms with E-state index < -0.39 is 0 Å². The van der Waals surface area contributed by atoms with Crippen molar-refractivity contribution in [3.05, 3.63) is 57.2 Å². The standard InChI is InChI=1S/C19H20ClN3OS/c1-11-12(2)17(9-21)19(23-13(11)3)25-10-18(24)22-14(4)15-6-5-7-16(20)8-15/h5-8,14H,10H2,1-4H3,(H,22,24)/t14-/m1/s1. The first-order valence-electron chi connectivity index (χ1n) is 7.89. The number of pyridine rings is 1. The Balaban J connectivity index is 2.04. The fourth-order valence-corrected chi connectivity index (χ4v) is 3.52. The predicted octanol–water partition coefficient (Wildman–Crippen LogP) is 4.50. The molecule has 2 aromatic rings. The highest BCUT2D eigenvalue weighted by atomic mass is 35.5. The molecule has 1 heterocycles.